The number of benzene rings is 1. The van der Waals surface area contributed by atoms with E-state index in [1.165, 1.54) is 18.2 Å². The van der Waals surface area contributed by atoms with Gasteiger partial charge in [-0.2, -0.15) is 0 Å². The molecule has 0 aliphatic carbocycles. The molecular formula is C12H17NO4S. The summed E-state index contributed by atoms with van der Waals surface area (Å²) in [4.78, 5) is 11.6. The van der Waals surface area contributed by atoms with Gasteiger partial charge < -0.3 is 4.74 Å². The van der Waals surface area contributed by atoms with Gasteiger partial charge in [-0.05, 0) is 31.0 Å². The number of esters is 1. The highest BCUT2D eigenvalue weighted by Crippen LogP contribution is 2.16. The summed E-state index contributed by atoms with van der Waals surface area (Å²) in [7, 11) is -3.82. The molecule has 1 aromatic carbocycles. The summed E-state index contributed by atoms with van der Waals surface area (Å²) in [5.74, 6) is -0.534. The monoisotopic (exact) mass is 271 g/mol. The highest BCUT2D eigenvalue weighted by Gasteiger charge is 2.15. The van der Waals surface area contributed by atoms with Gasteiger partial charge in [-0.15, -0.1) is 0 Å². The van der Waals surface area contributed by atoms with Gasteiger partial charge in [0.25, 0.3) is 0 Å². The molecule has 0 saturated heterocycles. The van der Waals surface area contributed by atoms with E-state index in [2.05, 4.69) is 0 Å². The lowest BCUT2D eigenvalue weighted by molar-refractivity contribution is 0.0499. The second kappa shape index (κ2) is 5.97. The van der Waals surface area contributed by atoms with Crippen LogP contribution < -0.4 is 5.14 Å². The minimum absolute atomic E-state index is 0.0487. The van der Waals surface area contributed by atoms with Crippen molar-refractivity contribution in [1.82, 2.24) is 0 Å². The van der Waals surface area contributed by atoms with Crippen molar-refractivity contribution >= 4 is 16.0 Å². The molecule has 0 fully saturated rings. The third kappa shape index (κ3) is 3.82. The molecule has 6 heteroatoms. The van der Waals surface area contributed by atoms with E-state index in [-0.39, 0.29) is 10.5 Å². The average molecular weight is 271 g/mol. The van der Waals surface area contributed by atoms with Gasteiger partial charge in [0.05, 0.1) is 17.1 Å². The lowest BCUT2D eigenvalue weighted by Gasteiger charge is -2.07. The van der Waals surface area contributed by atoms with Gasteiger partial charge in [-0.3, -0.25) is 0 Å². The first-order chi connectivity index (χ1) is 8.36. The summed E-state index contributed by atoms with van der Waals surface area (Å²) < 4.78 is 27.6. The van der Waals surface area contributed by atoms with Crippen LogP contribution in [0.15, 0.2) is 23.1 Å². The van der Waals surface area contributed by atoms with E-state index in [1.807, 2.05) is 6.92 Å². The number of primary sulfonamides is 1. The van der Waals surface area contributed by atoms with Gasteiger partial charge in [-0.25, -0.2) is 18.4 Å². The van der Waals surface area contributed by atoms with E-state index in [0.717, 1.165) is 12.8 Å². The Labute approximate surface area is 107 Å². The Hall–Kier alpha value is -1.40. The summed E-state index contributed by atoms with van der Waals surface area (Å²) in [6.45, 7) is 3.93. The van der Waals surface area contributed by atoms with Crippen molar-refractivity contribution in [3.05, 3.63) is 29.3 Å². The van der Waals surface area contributed by atoms with Gasteiger partial charge in [0, 0.05) is 0 Å². The molecule has 1 rings (SSSR count). The van der Waals surface area contributed by atoms with Crippen molar-refractivity contribution < 1.29 is 17.9 Å². The van der Waals surface area contributed by atoms with Gasteiger partial charge in [0.1, 0.15) is 0 Å². The van der Waals surface area contributed by atoms with E-state index in [1.54, 1.807) is 6.92 Å². The summed E-state index contributed by atoms with van der Waals surface area (Å²) >= 11 is 0. The Balaban J connectivity index is 2.95. The number of ether oxygens (including phenoxy) is 1. The van der Waals surface area contributed by atoms with E-state index < -0.39 is 16.0 Å². The van der Waals surface area contributed by atoms with Gasteiger partial charge >= 0.3 is 5.97 Å². The number of hydrogen-bond donors (Lipinski definition) is 1. The maximum Gasteiger partial charge on any atom is 0.338 e. The van der Waals surface area contributed by atoms with Crippen LogP contribution in [0.1, 0.15) is 35.7 Å². The summed E-state index contributed by atoms with van der Waals surface area (Å²) in [5, 5.41) is 5.07. The van der Waals surface area contributed by atoms with E-state index >= 15 is 0 Å². The quantitative estimate of drug-likeness (QED) is 0.651. The minimum atomic E-state index is -3.82. The first-order valence-electron chi connectivity index (χ1n) is 5.67. The van der Waals surface area contributed by atoms with Crippen molar-refractivity contribution in [2.75, 3.05) is 6.61 Å². The zero-order valence-electron chi connectivity index (χ0n) is 10.5. The normalized spacial score (nSPS) is 11.3. The molecule has 0 heterocycles. The topological polar surface area (TPSA) is 86.5 Å². The fourth-order valence-electron chi connectivity index (χ4n) is 1.43. The molecule has 100 valence electrons. The Morgan fingerprint density at radius 1 is 1.39 bits per heavy atom. The average Bonchev–Trinajstić information content (AvgIpc) is 2.28. The van der Waals surface area contributed by atoms with E-state index in [4.69, 9.17) is 9.88 Å². The molecule has 0 unspecified atom stereocenters. The number of sulfonamides is 1. The molecule has 1 aromatic rings. The smallest absolute Gasteiger partial charge is 0.338 e. The van der Waals surface area contributed by atoms with Crippen LogP contribution in [0.5, 0.6) is 0 Å². The molecule has 0 amide bonds. The van der Waals surface area contributed by atoms with Crippen LogP contribution >= 0.6 is 0 Å². The number of carbonyl (C=O) groups excluding carboxylic acids is 1. The SMILES string of the molecule is CCCCOC(=O)c1ccc(C)c(S(N)(=O)=O)c1. The highest BCUT2D eigenvalue weighted by molar-refractivity contribution is 7.89. The van der Waals surface area contributed by atoms with Crippen molar-refractivity contribution in [2.24, 2.45) is 5.14 Å². The first kappa shape index (κ1) is 14.7. The molecule has 5 nitrogen and oxygen atoms in total. The number of unbranched alkanes of at least 4 members (excludes halogenated alkanes) is 1. The Kier molecular flexibility index (Phi) is 4.86. The molecule has 0 spiro atoms. The van der Waals surface area contributed by atoms with Crippen molar-refractivity contribution in [2.45, 2.75) is 31.6 Å². The molecule has 0 aliphatic heterocycles. The van der Waals surface area contributed by atoms with Crippen LogP contribution in [0.3, 0.4) is 0 Å². The second-order valence-corrected chi connectivity index (χ2v) is 5.54. The molecule has 0 radical (unpaired) electrons. The fraction of sp³-hybridized carbons (Fsp3) is 0.417. The first-order valence-corrected chi connectivity index (χ1v) is 7.21. The standard InChI is InChI=1S/C12H17NO4S/c1-3-4-7-17-12(14)10-6-5-9(2)11(8-10)18(13,15)16/h5-6,8H,3-4,7H2,1-2H3,(H2,13,15,16). The van der Waals surface area contributed by atoms with E-state index in [9.17, 15) is 13.2 Å². The maximum absolute atomic E-state index is 11.7. The number of carbonyl (C=O) groups is 1. The zero-order valence-corrected chi connectivity index (χ0v) is 11.3. The number of hydrogen-bond acceptors (Lipinski definition) is 4. The molecule has 18 heavy (non-hydrogen) atoms. The van der Waals surface area contributed by atoms with Crippen molar-refractivity contribution in [3.8, 4) is 0 Å². The minimum Gasteiger partial charge on any atom is -0.462 e. The third-order valence-corrected chi connectivity index (χ3v) is 3.51. The summed E-state index contributed by atoms with van der Waals surface area (Å²) in [6.07, 6.45) is 1.70. The van der Waals surface area contributed by atoms with Crippen LogP contribution in [-0.4, -0.2) is 21.0 Å². The van der Waals surface area contributed by atoms with Crippen LogP contribution in [0, 0.1) is 6.92 Å². The summed E-state index contributed by atoms with van der Waals surface area (Å²) in [6, 6.07) is 4.31. The second-order valence-electron chi connectivity index (χ2n) is 4.01. The van der Waals surface area contributed by atoms with Gasteiger partial charge in [0.15, 0.2) is 0 Å². The fourth-order valence-corrected chi connectivity index (χ4v) is 2.23. The Morgan fingerprint density at radius 3 is 2.61 bits per heavy atom. The molecule has 0 bridgehead atoms. The molecular weight excluding hydrogens is 254 g/mol. The lowest BCUT2D eigenvalue weighted by Crippen LogP contribution is -2.15. The summed E-state index contributed by atoms with van der Waals surface area (Å²) in [5.41, 5.74) is 0.698. The highest BCUT2D eigenvalue weighted by atomic mass is 32.2. The maximum atomic E-state index is 11.7. The van der Waals surface area contributed by atoms with Gasteiger partial charge in [-0.1, -0.05) is 19.4 Å². The van der Waals surface area contributed by atoms with Crippen LogP contribution in [0.2, 0.25) is 0 Å². The number of rotatable bonds is 5. The predicted octanol–water partition coefficient (Wildman–Crippen LogP) is 1.60. The lowest BCUT2D eigenvalue weighted by atomic mass is 10.1. The van der Waals surface area contributed by atoms with Crippen LogP contribution in [-0.2, 0) is 14.8 Å². The van der Waals surface area contributed by atoms with Crippen LogP contribution in [0.4, 0.5) is 0 Å². The zero-order chi connectivity index (χ0) is 13.8. The van der Waals surface area contributed by atoms with Crippen molar-refractivity contribution in [1.29, 1.82) is 0 Å². The van der Waals surface area contributed by atoms with E-state index in [0.29, 0.717) is 12.2 Å². The molecule has 2 N–H and O–H groups in total. The molecule has 0 aromatic heterocycles. The van der Waals surface area contributed by atoms with Crippen LogP contribution in [0.25, 0.3) is 0 Å². The number of nitrogens with two attached hydrogens (primary N) is 1. The Bertz CT molecular complexity index is 537. The van der Waals surface area contributed by atoms with Crippen molar-refractivity contribution in [3.63, 3.8) is 0 Å². The molecule has 0 saturated carbocycles. The largest absolute Gasteiger partial charge is 0.462 e. The molecule has 0 atom stereocenters. The third-order valence-electron chi connectivity index (χ3n) is 2.46. The van der Waals surface area contributed by atoms with Gasteiger partial charge in [0.2, 0.25) is 10.0 Å². The number of aryl methyl sites for hydroxylation is 1. The predicted molar refractivity (Wildman–Crippen MR) is 67.7 cm³/mol. The Morgan fingerprint density at radius 2 is 2.06 bits per heavy atom. The molecule has 0 aliphatic rings.